The van der Waals surface area contributed by atoms with Crippen LogP contribution in [0.25, 0.3) is 0 Å². The van der Waals surface area contributed by atoms with Crippen LogP contribution in [-0.2, 0) is 16.0 Å². The molecule has 0 bridgehead atoms. The van der Waals surface area contributed by atoms with Crippen LogP contribution < -0.4 is 10.2 Å². The van der Waals surface area contributed by atoms with Crippen molar-refractivity contribution in [3.8, 4) is 0 Å². The number of thiocarbonyl (C=S) groups is 1. The van der Waals surface area contributed by atoms with Gasteiger partial charge in [-0.1, -0.05) is 24.6 Å². The van der Waals surface area contributed by atoms with Crippen molar-refractivity contribution in [2.75, 3.05) is 11.4 Å². The molecule has 0 aromatic heterocycles. The molecule has 0 saturated carbocycles. The zero-order valence-corrected chi connectivity index (χ0v) is 17.2. The Morgan fingerprint density at radius 2 is 2.15 bits per heavy atom. The van der Waals surface area contributed by atoms with Gasteiger partial charge in [-0.3, -0.25) is 14.5 Å². The van der Waals surface area contributed by atoms with Crippen LogP contribution in [-0.4, -0.2) is 40.5 Å². The van der Waals surface area contributed by atoms with Crippen molar-refractivity contribution >= 4 is 46.4 Å². The molecule has 144 valence electrons. The van der Waals surface area contributed by atoms with Crippen LogP contribution in [0.1, 0.15) is 45.1 Å². The van der Waals surface area contributed by atoms with Crippen molar-refractivity contribution in [3.63, 3.8) is 0 Å². The molecule has 1 N–H and O–H groups in total. The van der Waals surface area contributed by atoms with E-state index in [1.54, 1.807) is 4.90 Å². The van der Waals surface area contributed by atoms with E-state index in [9.17, 15) is 9.59 Å². The summed E-state index contributed by atoms with van der Waals surface area (Å²) in [6, 6.07) is 5.59. The Morgan fingerprint density at radius 3 is 2.89 bits per heavy atom. The molecule has 5 nitrogen and oxygen atoms in total. The Bertz CT molecular complexity index is 829. The van der Waals surface area contributed by atoms with Gasteiger partial charge in [0, 0.05) is 29.7 Å². The number of amides is 2. The van der Waals surface area contributed by atoms with Gasteiger partial charge in [-0.15, -0.1) is 0 Å². The van der Waals surface area contributed by atoms with E-state index in [0.717, 1.165) is 43.5 Å². The first-order valence-corrected chi connectivity index (χ1v) is 10.4. The lowest BCUT2D eigenvalue weighted by Crippen LogP contribution is -2.73. The summed E-state index contributed by atoms with van der Waals surface area (Å²) in [5.41, 5.74) is 0.767. The van der Waals surface area contributed by atoms with E-state index in [4.69, 9.17) is 23.8 Å². The zero-order valence-electron chi connectivity index (χ0n) is 15.6. The third-order valence-corrected chi connectivity index (χ3v) is 7.06. The van der Waals surface area contributed by atoms with Crippen LogP contribution in [0.15, 0.2) is 18.2 Å². The average Bonchev–Trinajstić information content (AvgIpc) is 2.66. The molecule has 0 radical (unpaired) electrons. The lowest BCUT2D eigenvalue weighted by molar-refractivity contribution is -0.153. The number of nitrogens with zero attached hydrogens (tertiary/aromatic N) is 2. The summed E-state index contributed by atoms with van der Waals surface area (Å²) >= 11 is 11.9. The van der Waals surface area contributed by atoms with Gasteiger partial charge >= 0.3 is 0 Å². The number of hydrogen-bond donors (Lipinski definition) is 1. The van der Waals surface area contributed by atoms with Gasteiger partial charge in [0.1, 0.15) is 0 Å². The summed E-state index contributed by atoms with van der Waals surface area (Å²) in [6.45, 7) is 4.81. The molecule has 0 unspecified atom stereocenters. The standard InChI is InChI=1S/C20H24ClN3O2S/c1-3-12(2)24-18(26)20(17(25)22-19(24)27)11-13-14(21)7-6-8-15(13)23-10-5-4-9-16(20)23/h6-8,12,16H,3-5,9-11H2,1-2H3,(H,22,25,27)/t12-,16-,20-/m0/s1. The average molecular weight is 406 g/mol. The molecule has 4 rings (SSSR count). The Hall–Kier alpha value is -1.66. The molecule has 3 aliphatic rings. The summed E-state index contributed by atoms with van der Waals surface area (Å²) in [5, 5.41) is 3.68. The number of carbonyl (C=O) groups excluding carboxylic acids is 2. The van der Waals surface area contributed by atoms with Crippen molar-refractivity contribution in [3.05, 3.63) is 28.8 Å². The van der Waals surface area contributed by atoms with Crippen LogP contribution in [0.2, 0.25) is 5.02 Å². The molecule has 3 aliphatic heterocycles. The van der Waals surface area contributed by atoms with Gasteiger partial charge in [0.25, 0.3) is 0 Å². The van der Waals surface area contributed by atoms with E-state index in [0.29, 0.717) is 11.4 Å². The molecule has 1 aromatic carbocycles. The molecule has 1 aromatic rings. The highest BCUT2D eigenvalue weighted by Gasteiger charge is 2.62. The summed E-state index contributed by atoms with van der Waals surface area (Å²) in [7, 11) is 0. The van der Waals surface area contributed by atoms with Crippen molar-refractivity contribution in [1.82, 2.24) is 10.2 Å². The van der Waals surface area contributed by atoms with Crippen molar-refractivity contribution in [2.24, 2.45) is 5.41 Å². The maximum atomic E-state index is 13.8. The SMILES string of the molecule is CC[C@H](C)N1C(=O)[C@]2(Cc3c(Cl)cccc3N3CCCC[C@H]32)C(=O)NC1=S. The number of halogens is 1. The van der Waals surface area contributed by atoms with Crippen LogP contribution in [0, 0.1) is 5.41 Å². The molecule has 2 fully saturated rings. The van der Waals surface area contributed by atoms with Gasteiger partial charge in [0.05, 0.1) is 6.04 Å². The predicted octanol–water partition coefficient (Wildman–Crippen LogP) is 3.28. The van der Waals surface area contributed by atoms with Gasteiger partial charge in [-0.25, -0.2) is 0 Å². The van der Waals surface area contributed by atoms with Crippen LogP contribution >= 0.6 is 23.8 Å². The summed E-state index contributed by atoms with van der Waals surface area (Å²) < 4.78 is 0. The predicted molar refractivity (Wildman–Crippen MR) is 110 cm³/mol. The van der Waals surface area contributed by atoms with Gasteiger partial charge in [0.2, 0.25) is 11.8 Å². The van der Waals surface area contributed by atoms with Gasteiger partial charge in [0.15, 0.2) is 10.5 Å². The summed E-state index contributed by atoms with van der Waals surface area (Å²) in [5.74, 6) is -0.451. The first-order chi connectivity index (χ1) is 12.9. The van der Waals surface area contributed by atoms with Crippen LogP contribution in [0.5, 0.6) is 0 Å². The van der Waals surface area contributed by atoms with E-state index in [-0.39, 0.29) is 29.0 Å². The molecule has 7 heteroatoms. The quantitative estimate of drug-likeness (QED) is 0.606. The molecule has 0 aliphatic carbocycles. The number of hydrogen-bond acceptors (Lipinski definition) is 4. The number of fused-ring (bicyclic) bond motifs is 4. The van der Waals surface area contributed by atoms with E-state index in [1.807, 2.05) is 26.0 Å². The number of piperidine rings is 1. The van der Waals surface area contributed by atoms with Gasteiger partial charge < -0.3 is 10.2 Å². The minimum Gasteiger partial charge on any atom is -0.367 e. The van der Waals surface area contributed by atoms with E-state index >= 15 is 0 Å². The van der Waals surface area contributed by atoms with Crippen LogP contribution in [0.4, 0.5) is 5.69 Å². The number of benzene rings is 1. The summed E-state index contributed by atoms with van der Waals surface area (Å²) in [6.07, 6.45) is 3.95. The molecule has 1 spiro atoms. The Kier molecular flexibility index (Phi) is 4.67. The normalized spacial score (nSPS) is 28.7. The third kappa shape index (κ3) is 2.60. The van der Waals surface area contributed by atoms with Gasteiger partial charge in [-0.2, -0.15) is 0 Å². The monoisotopic (exact) mass is 405 g/mol. The molecule has 3 atom stereocenters. The fourth-order valence-corrected chi connectivity index (χ4v) is 5.42. The largest absolute Gasteiger partial charge is 0.367 e. The molecular weight excluding hydrogens is 382 g/mol. The van der Waals surface area contributed by atoms with E-state index in [1.165, 1.54) is 0 Å². The number of carbonyl (C=O) groups is 2. The Morgan fingerprint density at radius 1 is 1.37 bits per heavy atom. The second kappa shape index (κ2) is 6.74. The van der Waals surface area contributed by atoms with Crippen molar-refractivity contribution in [2.45, 2.75) is 58.0 Å². The highest BCUT2D eigenvalue weighted by atomic mass is 35.5. The minimum atomic E-state index is -1.18. The fraction of sp³-hybridized carbons (Fsp3) is 0.550. The highest BCUT2D eigenvalue weighted by Crippen LogP contribution is 2.49. The topological polar surface area (TPSA) is 52.7 Å². The lowest BCUT2D eigenvalue weighted by Gasteiger charge is -2.55. The molecule has 2 amide bonds. The van der Waals surface area contributed by atoms with E-state index < -0.39 is 5.41 Å². The summed E-state index contributed by atoms with van der Waals surface area (Å²) in [4.78, 5) is 31.0. The molecule has 3 heterocycles. The Balaban J connectivity index is 1.89. The highest BCUT2D eigenvalue weighted by molar-refractivity contribution is 7.80. The second-order valence-corrected chi connectivity index (χ2v) is 8.58. The first-order valence-electron chi connectivity index (χ1n) is 9.65. The first kappa shape index (κ1) is 18.7. The molecular formula is C20H24ClN3O2S. The van der Waals surface area contributed by atoms with Gasteiger partial charge in [-0.05, 0) is 62.5 Å². The maximum absolute atomic E-state index is 13.8. The van der Waals surface area contributed by atoms with Crippen molar-refractivity contribution < 1.29 is 9.59 Å². The van der Waals surface area contributed by atoms with Crippen molar-refractivity contribution in [1.29, 1.82) is 0 Å². The fourth-order valence-electron chi connectivity index (χ4n) is 4.83. The number of anilines is 1. The van der Waals surface area contributed by atoms with Crippen LogP contribution in [0.3, 0.4) is 0 Å². The van der Waals surface area contributed by atoms with E-state index in [2.05, 4.69) is 16.3 Å². The zero-order chi connectivity index (χ0) is 19.3. The second-order valence-electron chi connectivity index (χ2n) is 7.78. The Labute approximate surface area is 170 Å². The minimum absolute atomic E-state index is 0.0628. The number of rotatable bonds is 2. The molecule has 27 heavy (non-hydrogen) atoms. The smallest absolute Gasteiger partial charge is 0.247 e. The maximum Gasteiger partial charge on any atom is 0.247 e. The third-order valence-electron chi connectivity index (χ3n) is 6.41. The number of nitrogens with one attached hydrogen (secondary N) is 1. The lowest BCUT2D eigenvalue weighted by atomic mass is 9.66. The molecule has 2 saturated heterocycles.